The normalized spacial score (nSPS) is 12.1. The van der Waals surface area contributed by atoms with Crippen LogP contribution in [-0.2, 0) is 28.6 Å². The standard InChI is InChI=1S/C47H86O6/c1-4-7-10-13-16-19-22-23-24-26-28-31-34-37-40-46(49)52-43-44(42-51-45(48)39-36-33-30-27-21-18-15-12-9-6-3)53-47(50)41-38-35-32-29-25-20-17-14-11-8-5-2/h14,17,22-23,44H,4-13,15-16,18-21,24-43H2,1-3H3/b17-14-,23-22-. The van der Waals surface area contributed by atoms with Crippen LogP contribution < -0.4 is 0 Å². The highest BCUT2D eigenvalue weighted by Crippen LogP contribution is 2.14. The smallest absolute Gasteiger partial charge is 0.306 e. The molecule has 0 amide bonds. The highest BCUT2D eigenvalue weighted by Gasteiger charge is 2.19. The van der Waals surface area contributed by atoms with E-state index < -0.39 is 6.10 Å². The zero-order chi connectivity index (χ0) is 38.7. The Balaban J connectivity index is 4.36. The number of allylic oxidation sites excluding steroid dienone is 4. The molecular formula is C47H86O6. The van der Waals surface area contributed by atoms with Crippen LogP contribution in [0.25, 0.3) is 0 Å². The highest BCUT2D eigenvalue weighted by atomic mass is 16.6. The van der Waals surface area contributed by atoms with Gasteiger partial charge in [0, 0.05) is 19.3 Å². The second-order valence-corrected chi connectivity index (χ2v) is 15.3. The van der Waals surface area contributed by atoms with Crippen LogP contribution in [0.15, 0.2) is 24.3 Å². The minimum absolute atomic E-state index is 0.0747. The monoisotopic (exact) mass is 747 g/mol. The molecule has 0 radical (unpaired) electrons. The van der Waals surface area contributed by atoms with Crippen LogP contribution in [0.5, 0.6) is 0 Å². The van der Waals surface area contributed by atoms with Crippen molar-refractivity contribution in [1.29, 1.82) is 0 Å². The van der Waals surface area contributed by atoms with E-state index >= 15 is 0 Å². The van der Waals surface area contributed by atoms with Crippen LogP contribution in [0.3, 0.4) is 0 Å². The van der Waals surface area contributed by atoms with Gasteiger partial charge in [0.15, 0.2) is 6.10 Å². The average molecular weight is 747 g/mol. The van der Waals surface area contributed by atoms with Gasteiger partial charge in [0.05, 0.1) is 0 Å². The number of carbonyl (C=O) groups is 3. The zero-order valence-corrected chi connectivity index (χ0v) is 35.3. The summed E-state index contributed by atoms with van der Waals surface area (Å²) in [6.07, 6.45) is 45.8. The predicted molar refractivity (Wildman–Crippen MR) is 224 cm³/mol. The van der Waals surface area contributed by atoms with E-state index in [2.05, 4.69) is 45.1 Å². The molecule has 0 heterocycles. The molecule has 53 heavy (non-hydrogen) atoms. The van der Waals surface area contributed by atoms with Crippen LogP contribution in [0.4, 0.5) is 0 Å². The molecule has 0 fully saturated rings. The van der Waals surface area contributed by atoms with Gasteiger partial charge >= 0.3 is 17.9 Å². The summed E-state index contributed by atoms with van der Waals surface area (Å²) < 4.78 is 16.7. The van der Waals surface area contributed by atoms with Gasteiger partial charge in [-0.15, -0.1) is 0 Å². The number of unbranched alkanes of at least 4 members (excludes halogenated alkanes) is 26. The molecular weight excluding hydrogens is 661 g/mol. The molecule has 0 rings (SSSR count). The van der Waals surface area contributed by atoms with Crippen molar-refractivity contribution in [3.05, 3.63) is 24.3 Å². The number of rotatable bonds is 41. The topological polar surface area (TPSA) is 78.9 Å². The molecule has 0 aliphatic carbocycles. The Morgan fingerprint density at radius 2 is 0.642 bits per heavy atom. The summed E-state index contributed by atoms with van der Waals surface area (Å²) in [7, 11) is 0. The Morgan fingerprint density at radius 3 is 1.00 bits per heavy atom. The van der Waals surface area contributed by atoms with Crippen LogP contribution >= 0.6 is 0 Å². The van der Waals surface area contributed by atoms with Gasteiger partial charge in [0.2, 0.25) is 0 Å². The summed E-state index contributed by atoms with van der Waals surface area (Å²) in [5, 5.41) is 0. The number of ether oxygens (including phenoxy) is 3. The molecule has 0 bridgehead atoms. The molecule has 0 aliphatic heterocycles. The first kappa shape index (κ1) is 50.9. The zero-order valence-electron chi connectivity index (χ0n) is 35.3. The van der Waals surface area contributed by atoms with Crippen molar-refractivity contribution < 1.29 is 28.6 Å². The highest BCUT2D eigenvalue weighted by molar-refractivity contribution is 5.71. The van der Waals surface area contributed by atoms with Crippen molar-refractivity contribution in [3.63, 3.8) is 0 Å². The lowest BCUT2D eigenvalue weighted by molar-refractivity contribution is -0.167. The Labute approximate surface area is 328 Å². The minimum Gasteiger partial charge on any atom is -0.462 e. The Kier molecular flexibility index (Phi) is 40.9. The fourth-order valence-corrected chi connectivity index (χ4v) is 6.42. The van der Waals surface area contributed by atoms with Crippen LogP contribution in [0.2, 0.25) is 0 Å². The Hall–Kier alpha value is -2.11. The van der Waals surface area contributed by atoms with Crippen LogP contribution in [0.1, 0.15) is 239 Å². The van der Waals surface area contributed by atoms with E-state index in [0.717, 1.165) is 77.0 Å². The lowest BCUT2D eigenvalue weighted by Gasteiger charge is -2.18. The van der Waals surface area contributed by atoms with Crippen molar-refractivity contribution in [2.45, 2.75) is 245 Å². The average Bonchev–Trinajstić information content (AvgIpc) is 3.15. The first-order valence-electron chi connectivity index (χ1n) is 22.8. The van der Waals surface area contributed by atoms with E-state index in [1.165, 1.54) is 122 Å². The first-order chi connectivity index (χ1) is 26.0. The maximum atomic E-state index is 12.7. The lowest BCUT2D eigenvalue weighted by Crippen LogP contribution is -2.30. The second-order valence-electron chi connectivity index (χ2n) is 15.3. The maximum Gasteiger partial charge on any atom is 0.306 e. The van der Waals surface area contributed by atoms with Crippen molar-refractivity contribution in [2.75, 3.05) is 13.2 Å². The van der Waals surface area contributed by atoms with Gasteiger partial charge in [-0.2, -0.15) is 0 Å². The van der Waals surface area contributed by atoms with Crippen LogP contribution in [-0.4, -0.2) is 37.2 Å². The summed E-state index contributed by atoms with van der Waals surface area (Å²) in [6, 6.07) is 0. The quantitative estimate of drug-likeness (QED) is 0.0268. The lowest BCUT2D eigenvalue weighted by atomic mass is 10.1. The van der Waals surface area contributed by atoms with E-state index in [4.69, 9.17) is 14.2 Å². The minimum atomic E-state index is -0.771. The summed E-state index contributed by atoms with van der Waals surface area (Å²) in [6.45, 7) is 6.56. The van der Waals surface area contributed by atoms with Crippen molar-refractivity contribution >= 4 is 17.9 Å². The van der Waals surface area contributed by atoms with Gasteiger partial charge in [-0.1, -0.05) is 180 Å². The summed E-state index contributed by atoms with van der Waals surface area (Å²) in [5.74, 6) is -0.891. The molecule has 310 valence electrons. The molecule has 1 unspecified atom stereocenters. The molecule has 6 nitrogen and oxygen atoms in total. The van der Waals surface area contributed by atoms with E-state index in [0.29, 0.717) is 19.3 Å². The van der Waals surface area contributed by atoms with Crippen molar-refractivity contribution in [1.82, 2.24) is 0 Å². The first-order valence-corrected chi connectivity index (χ1v) is 22.8. The molecule has 0 saturated heterocycles. The SMILES string of the molecule is CCCC/C=C\CCCCCCCC(=O)OC(COC(=O)CCCCCCC/C=C\CCCCCCC)COC(=O)CCCCCCCCCCCC. The summed E-state index contributed by atoms with van der Waals surface area (Å²) in [5.41, 5.74) is 0. The molecule has 1 atom stereocenters. The molecule has 0 saturated carbocycles. The number of hydrogen-bond donors (Lipinski definition) is 0. The predicted octanol–water partition coefficient (Wildman–Crippen LogP) is 14.4. The maximum absolute atomic E-state index is 12.7. The molecule has 0 aromatic heterocycles. The van der Waals surface area contributed by atoms with E-state index in [1.807, 2.05) is 0 Å². The summed E-state index contributed by atoms with van der Waals surface area (Å²) in [4.78, 5) is 37.7. The largest absolute Gasteiger partial charge is 0.462 e. The van der Waals surface area contributed by atoms with Gasteiger partial charge in [-0.05, 0) is 64.2 Å². The number of hydrogen-bond acceptors (Lipinski definition) is 6. The summed E-state index contributed by atoms with van der Waals surface area (Å²) >= 11 is 0. The second kappa shape index (κ2) is 42.6. The molecule has 0 aromatic rings. The number of carbonyl (C=O) groups excluding carboxylic acids is 3. The van der Waals surface area contributed by atoms with Crippen molar-refractivity contribution in [3.8, 4) is 0 Å². The van der Waals surface area contributed by atoms with Gasteiger partial charge in [-0.3, -0.25) is 14.4 Å². The molecule has 0 N–H and O–H groups in total. The fraction of sp³-hybridized carbons (Fsp3) is 0.851. The Morgan fingerprint density at radius 1 is 0.358 bits per heavy atom. The third kappa shape index (κ3) is 40.9. The Bertz CT molecular complexity index is 865. The molecule has 0 aliphatic rings. The van der Waals surface area contributed by atoms with E-state index in [-0.39, 0.29) is 31.1 Å². The van der Waals surface area contributed by atoms with Crippen molar-refractivity contribution in [2.24, 2.45) is 0 Å². The van der Waals surface area contributed by atoms with Gasteiger partial charge in [0.25, 0.3) is 0 Å². The van der Waals surface area contributed by atoms with E-state index in [1.54, 1.807) is 0 Å². The number of esters is 3. The van der Waals surface area contributed by atoms with Gasteiger partial charge in [0.1, 0.15) is 13.2 Å². The van der Waals surface area contributed by atoms with Crippen LogP contribution in [0, 0.1) is 0 Å². The van der Waals surface area contributed by atoms with Gasteiger partial charge in [-0.25, -0.2) is 0 Å². The molecule has 0 spiro atoms. The van der Waals surface area contributed by atoms with Gasteiger partial charge < -0.3 is 14.2 Å². The third-order valence-electron chi connectivity index (χ3n) is 9.93. The molecule has 0 aromatic carbocycles. The fourth-order valence-electron chi connectivity index (χ4n) is 6.42. The molecule has 6 heteroatoms. The van der Waals surface area contributed by atoms with E-state index in [9.17, 15) is 14.4 Å². The third-order valence-corrected chi connectivity index (χ3v) is 9.93.